The van der Waals surface area contributed by atoms with Gasteiger partial charge in [0, 0.05) is 0 Å². The number of unbranched alkanes of at least 4 members (excludes halogenated alkanes) is 1. The second-order valence-corrected chi connectivity index (χ2v) is 7.24. The van der Waals surface area contributed by atoms with Crippen molar-refractivity contribution in [1.82, 2.24) is 0 Å². The lowest BCUT2D eigenvalue weighted by Gasteiger charge is -2.25. The van der Waals surface area contributed by atoms with Gasteiger partial charge in [0.25, 0.3) is 0 Å². The van der Waals surface area contributed by atoms with Crippen LogP contribution in [0.5, 0.6) is 0 Å². The van der Waals surface area contributed by atoms with Gasteiger partial charge >= 0.3 is 11.9 Å². The van der Waals surface area contributed by atoms with Crippen molar-refractivity contribution >= 4 is 11.9 Å². The molecule has 0 aliphatic heterocycles. The van der Waals surface area contributed by atoms with E-state index < -0.39 is 17.1 Å². The Labute approximate surface area is 128 Å². The fraction of sp³-hybridized carbons (Fsp3) is 0.765. The average Bonchev–Trinajstić information content (AvgIpc) is 2.22. The molecule has 122 valence electrons. The second kappa shape index (κ2) is 8.20. The zero-order valence-electron chi connectivity index (χ0n) is 14.3. The fourth-order valence-electron chi connectivity index (χ4n) is 1.78. The van der Waals surface area contributed by atoms with E-state index in [0.717, 1.165) is 12.8 Å². The average molecular weight is 298 g/mol. The topological polar surface area (TPSA) is 52.6 Å². The first kappa shape index (κ1) is 19.7. The third-order valence-corrected chi connectivity index (χ3v) is 2.53. The molecule has 1 atom stereocenters. The van der Waals surface area contributed by atoms with Crippen molar-refractivity contribution in [2.45, 2.75) is 78.4 Å². The van der Waals surface area contributed by atoms with Crippen molar-refractivity contribution in [3.63, 3.8) is 0 Å². The zero-order valence-corrected chi connectivity index (χ0v) is 14.3. The maximum absolute atomic E-state index is 12.2. The van der Waals surface area contributed by atoms with Crippen molar-refractivity contribution in [2.75, 3.05) is 0 Å². The Bertz CT molecular complexity index is 358. The van der Waals surface area contributed by atoms with Crippen LogP contribution in [0, 0.1) is 5.92 Å². The van der Waals surface area contributed by atoms with Crippen LogP contribution in [-0.2, 0) is 19.1 Å². The first-order chi connectivity index (χ1) is 9.44. The molecule has 0 saturated carbocycles. The molecule has 0 rings (SSSR count). The van der Waals surface area contributed by atoms with Crippen LogP contribution >= 0.6 is 0 Å². The van der Waals surface area contributed by atoms with Gasteiger partial charge in [0.15, 0.2) is 0 Å². The van der Waals surface area contributed by atoms with E-state index in [-0.39, 0.29) is 18.4 Å². The van der Waals surface area contributed by atoms with Crippen LogP contribution < -0.4 is 0 Å². The number of carbonyl (C=O) groups excluding carboxylic acids is 2. The maximum atomic E-state index is 12.2. The highest BCUT2D eigenvalue weighted by molar-refractivity contribution is 5.80. The zero-order chi connectivity index (χ0) is 16.7. The highest BCUT2D eigenvalue weighted by Gasteiger charge is 2.28. The Morgan fingerprint density at radius 1 is 1.05 bits per heavy atom. The fourth-order valence-corrected chi connectivity index (χ4v) is 1.78. The molecule has 0 aromatic rings. The summed E-state index contributed by atoms with van der Waals surface area (Å²) in [4.78, 5) is 24.1. The van der Waals surface area contributed by atoms with E-state index in [9.17, 15) is 9.59 Å². The molecule has 0 aliphatic carbocycles. The van der Waals surface area contributed by atoms with Crippen LogP contribution in [0.3, 0.4) is 0 Å². The minimum absolute atomic E-state index is 0.0589. The smallest absolute Gasteiger partial charge is 0.310 e. The van der Waals surface area contributed by atoms with E-state index in [1.54, 1.807) is 6.08 Å². The Morgan fingerprint density at radius 2 is 1.57 bits per heavy atom. The minimum Gasteiger partial charge on any atom is -0.460 e. The quantitative estimate of drug-likeness (QED) is 0.404. The predicted octanol–water partition coefficient (Wildman–Crippen LogP) is 4.03. The number of esters is 2. The summed E-state index contributed by atoms with van der Waals surface area (Å²) in [5.74, 6) is -1.16. The number of allylic oxidation sites excluding steroid dienone is 1. The monoisotopic (exact) mass is 298 g/mol. The van der Waals surface area contributed by atoms with Crippen molar-refractivity contribution in [3.05, 3.63) is 12.7 Å². The maximum Gasteiger partial charge on any atom is 0.310 e. The van der Waals surface area contributed by atoms with E-state index in [0.29, 0.717) is 6.42 Å². The summed E-state index contributed by atoms with van der Waals surface area (Å²) in [6, 6.07) is 0. The molecule has 0 amide bonds. The molecular formula is C17H30O4. The van der Waals surface area contributed by atoms with Crippen molar-refractivity contribution in [2.24, 2.45) is 5.92 Å². The molecule has 0 aromatic carbocycles. The number of hydrogen-bond donors (Lipinski definition) is 0. The van der Waals surface area contributed by atoms with Gasteiger partial charge in [-0.2, -0.15) is 0 Å². The normalized spacial score (nSPS) is 13.4. The molecule has 0 fully saturated rings. The molecule has 0 aliphatic rings. The summed E-state index contributed by atoms with van der Waals surface area (Å²) in [5, 5.41) is 0. The molecule has 0 heterocycles. The predicted molar refractivity (Wildman–Crippen MR) is 83.8 cm³/mol. The lowest BCUT2D eigenvalue weighted by atomic mass is 9.98. The van der Waals surface area contributed by atoms with E-state index in [1.807, 2.05) is 41.5 Å². The summed E-state index contributed by atoms with van der Waals surface area (Å²) in [6.45, 7) is 14.6. The summed E-state index contributed by atoms with van der Waals surface area (Å²) in [7, 11) is 0. The molecule has 0 aromatic heterocycles. The van der Waals surface area contributed by atoms with Gasteiger partial charge in [0.2, 0.25) is 0 Å². The Kier molecular flexibility index (Phi) is 7.69. The van der Waals surface area contributed by atoms with Crippen LogP contribution in [0.15, 0.2) is 12.7 Å². The van der Waals surface area contributed by atoms with Crippen molar-refractivity contribution in [1.29, 1.82) is 0 Å². The van der Waals surface area contributed by atoms with Gasteiger partial charge in [-0.25, -0.2) is 0 Å². The minimum atomic E-state index is -0.554. The summed E-state index contributed by atoms with van der Waals surface area (Å²) >= 11 is 0. The molecule has 0 N–H and O–H groups in total. The third-order valence-electron chi connectivity index (χ3n) is 2.53. The first-order valence-corrected chi connectivity index (χ1v) is 7.50. The van der Waals surface area contributed by atoms with E-state index >= 15 is 0 Å². The van der Waals surface area contributed by atoms with Gasteiger partial charge in [-0.1, -0.05) is 6.08 Å². The van der Waals surface area contributed by atoms with Crippen LogP contribution in [0.1, 0.15) is 67.2 Å². The number of ether oxygens (including phenoxy) is 2. The molecule has 21 heavy (non-hydrogen) atoms. The molecule has 0 radical (unpaired) electrons. The summed E-state index contributed by atoms with van der Waals surface area (Å²) in [5.41, 5.74) is -1.10. The largest absolute Gasteiger partial charge is 0.460 e. The third kappa shape index (κ3) is 11.1. The molecule has 0 bridgehead atoms. The van der Waals surface area contributed by atoms with Gasteiger partial charge in [0.05, 0.1) is 12.3 Å². The van der Waals surface area contributed by atoms with Gasteiger partial charge in [0.1, 0.15) is 11.2 Å². The van der Waals surface area contributed by atoms with Gasteiger partial charge in [-0.3, -0.25) is 9.59 Å². The van der Waals surface area contributed by atoms with Gasteiger partial charge in [-0.15, -0.1) is 6.58 Å². The van der Waals surface area contributed by atoms with Crippen molar-refractivity contribution < 1.29 is 19.1 Å². The van der Waals surface area contributed by atoms with E-state index in [2.05, 4.69) is 6.58 Å². The molecule has 4 nitrogen and oxygen atoms in total. The van der Waals surface area contributed by atoms with E-state index in [4.69, 9.17) is 9.47 Å². The Hall–Kier alpha value is -1.32. The van der Waals surface area contributed by atoms with Crippen LogP contribution in [0.2, 0.25) is 0 Å². The van der Waals surface area contributed by atoms with E-state index in [1.165, 1.54) is 0 Å². The highest BCUT2D eigenvalue weighted by Crippen LogP contribution is 2.21. The molecule has 4 heteroatoms. The lowest BCUT2D eigenvalue weighted by Crippen LogP contribution is -2.32. The molecular weight excluding hydrogens is 268 g/mol. The van der Waals surface area contributed by atoms with Crippen LogP contribution in [0.4, 0.5) is 0 Å². The number of carbonyl (C=O) groups is 2. The highest BCUT2D eigenvalue weighted by atomic mass is 16.6. The molecule has 0 unspecified atom stereocenters. The van der Waals surface area contributed by atoms with Crippen LogP contribution in [-0.4, -0.2) is 23.1 Å². The lowest BCUT2D eigenvalue weighted by molar-refractivity contribution is -0.167. The number of hydrogen-bond acceptors (Lipinski definition) is 4. The number of rotatable bonds is 7. The molecule has 0 spiro atoms. The Morgan fingerprint density at radius 3 is 2.00 bits per heavy atom. The SMILES string of the molecule is C=CCCC[C@H](CC(=O)OC(C)(C)C)C(=O)OC(C)(C)C. The van der Waals surface area contributed by atoms with Crippen LogP contribution in [0.25, 0.3) is 0 Å². The molecule has 0 saturated heterocycles. The second-order valence-electron chi connectivity index (χ2n) is 7.24. The standard InChI is InChI=1S/C17H30O4/c1-8-9-10-11-13(15(19)21-17(5,6)7)12-14(18)20-16(2,3)4/h8,13H,1,9-12H2,2-7H3/t13-/m1/s1. The first-order valence-electron chi connectivity index (χ1n) is 7.50. The summed E-state index contributed by atoms with van der Waals surface area (Å²) in [6.07, 6.45) is 4.08. The Balaban J connectivity index is 4.69. The van der Waals surface area contributed by atoms with Gasteiger partial charge < -0.3 is 9.47 Å². The summed E-state index contributed by atoms with van der Waals surface area (Å²) < 4.78 is 10.7. The van der Waals surface area contributed by atoms with Crippen molar-refractivity contribution in [3.8, 4) is 0 Å². The van der Waals surface area contributed by atoms with Gasteiger partial charge in [-0.05, 0) is 60.8 Å².